The van der Waals surface area contributed by atoms with Crippen LogP contribution in [0.15, 0.2) is 18.2 Å². The molecular formula is C15H22N2O3. The van der Waals surface area contributed by atoms with E-state index in [1.807, 2.05) is 6.07 Å². The molecule has 2 rings (SSSR count). The fourth-order valence-electron chi connectivity index (χ4n) is 2.53. The molecule has 2 amide bonds. The van der Waals surface area contributed by atoms with Gasteiger partial charge in [-0.3, -0.25) is 0 Å². The number of nitrogens with zero attached hydrogens (tertiary/aromatic N) is 1. The second-order valence-electron chi connectivity index (χ2n) is 5.44. The van der Waals surface area contributed by atoms with Crippen LogP contribution in [-0.2, 0) is 6.42 Å². The number of aliphatic hydroxyl groups is 1. The van der Waals surface area contributed by atoms with E-state index in [2.05, 4.69) is 5.32 Å². The molecule has 3 N–H and O–H groups in total. The van der Waals surface area contributed by atoms with Gasteiger partial charge in [-0.1, -0.05) is 12.1 Å². The Labute approximate surface area is 119 Å². The van der Waals surface area contributed by atoms with Crippen molar-refractivity contribution in [3.8, 4) is 5.75 Å². The third-order valence-electron chi connectivity index (χ3n) is 3.77. The summed E-state index contributed by atoms with van der Waals surface area (Å²) in [6, 6.07) is 5.24. The van der Waals surface area contributed by atoms with Crippen LogP contribution in [0.5, 0.6) is 5.75 Å². The standard InChI is InChI=1S/C15H22N2O3/c1-10(18)8-9-17(2)15(20)16-13-7-6-12-11(13)4-3-5-14(12)19/h3-5,10,13,18-19H,6-9H2,1-2H3,(H,16,20). The molecule has 1 aliphatic carbocycles. The lowest BCUT2D eigenvalue weighted by Crippen LogP contribution is -2.39. The molecular weight excluding hydrogens is 256 g/mol. The summed E-state index contributed by atoms with van der Waals surface area (Å²) < 4.78 is 0. The number of amides is 2. The zero-order chi connectivity index (χ0) is 14.7. The summed E-state index contributed by atoms with van der Waals surface area (Å²) in [5.74, 6) is 0.307. The maximum absolute atomic E-state index is 12.1. The molecule has 2 atom stereocenters. The van der Waals surface area contributed by atoms with Crippen molar-refractivity contribution in [1.29, 1.82) is 0 Å². The molecule has 0 spiro atoms. The summed E-state index contributed by atoms with van der Waals surface area (Å²) in [4.78, 5) is 13.7. The van der Waals surface area contributed by atoms with E-state index in [0.717, 1.165) is 24.0 Å². The van der Waals surface area contributed by atoms with E-state index in [1.54, 1.807) is 31.0 Å². The summed E-state index contributed by atoms with van der Waals surface area (Å²) in [5, 5.41) is 22.0. The number of phenols is 1. The number of nitrogens with one attached hydrogen (secondary N) is 1. The van der Waals surface area contributed by atoms with Gasteiger partial charge in [0.25, 0.3) is 0 Å². The summed E-state index contributed by atoms with van der Waals surface area (Å²) in [5.41, 5.74) is 1.94. The highest BCUT2D eigenvalue weighted by Crippen LogP contribution is 2.36. The van der Waals surface area contributed by atoms with E-state index in [4.69, 9.17) is 0 Å². The largest absolute Gasteiger partial charge is 0.508 e. The van der Waals surface area contributed by atoms with E-state index < -0.39 is 6.10 Å². The molecule has 0 saturated carbocycles. The minimum absolute atomic E-state index is 0.0430. The number of aromatic hydroxyl groups is 1. The molecule has 0 radical (unpaired) electrons. The Kier molecular flexibility index (Phi) is 4.49. The number of fused-ring (bicyclic) bond motifs is 1. The van der Waals surface area contributed by atoms with Gasteiger partial charge in [-0.05, 0) is 43.4 Å². The Morgan fingerprint density at radius 3 is 3.00 bits per heavy atom. The molecule has 1 aromatic rings. The van der Waals surface area contributed by atoms with Crippen molar-refractivity contribution in [1.82, 2.24) is 10.2 Å². The lowest BCUT2D eigenvalue weighted by molar-refractivity contribution is 0.162. The number of hydrogen-bond acceptors (Lipinski definition) is 3. The maximum Gasteiger partial charge on any atom is 0.317 e. The minimum atomic E-state index is -0.408. The van der Waals surface area contributed by atoms with Crippen molar-refractivity contribution in [2.75, 3.05) is 13.6 Å². The zero-order valence-electron chi connectivity index (χ0n) is 12.0. The van der Waals surface area contributed by atoms with Crippen LogP contribution >= 0.6 is 0 Å². The van der Waals surface area contributed by atoms with Crippen LogP contribution in [0.3, 0.4) is 0 Å². The van der Waals surface area contributed by atoms with Crippen LogP contribution in [0, 0.1) is 0 Å². The van der Waals surface area contributed by atoms with E-state index in [0.29, 0.717) is 18.7 Å². The van der Waals surface area contributed by atoms with E-state index >= 15 is 0 Å². The molecule has 110 valence electrons. The smallest absolute Gasteiger partial charge is 0.317 e. The Morgan fingerprint density at radius 1 is 1.55 bits per heavy atom. The molecule has 0 bridgehead atoms. The van der Waals surface area contributed by atoms with Gasteiger partial charge in [0.2, 0.25) is 0 Å². The number of phenolic OH excluding ortho intramolecular Hbond substituents is 1. The van der Waals surface area contributed by atoms with Gasteiger partial charge in [-0.2, -0.15) is 0 Å². The number of hydrogen-bond donors (Lipinski definition) is 3. The average Bonchev–Trinajstić information content (AvgIpc) is 2.80. The van der Waals surface area contributed by atoms with Gasteiger partial charge < -0.3 is 20.4 Å². The molecule has 0 aliphatic heterocycles. The molecule has 1 aromatic carbocycles. The normalized spacial score (nSPS) is 18.4. The van der Waals surface area contributed by atoms with E-state index in [-0.39, 0.29) is 12.1 Å². The zero-order valence-corrected chi connectivity index (χ0v) is 12.0. The Balaban J connectivity index is 1.96. The molecule has 5 nitrogen and oxygen atoms in total. The highest BCUT2D eigenvalue weighted by Gasteiger charge is 2.26. The van der Waals surface area contributed by atoms with Gasteiger partial charge in [0, 0.05) is 13.6 Å². The summed E-state index contributed by atoms with van der Waals surface area (Å²) >= 11 is 0. The first-order valence-electron chi connectivity index (χ1n) is 6.99. The Hall–Kier alpha value is -1.75. The first-order chi connectivity index (χ1) is 9.49. The van der Waals surface area contributed by atoms with Gasteiger partial charge >= 0.3 is 6.03 Å². The Morgan fingerprint density at radius 2 is 2.30 bits per heavy atom. The topological polar surface area (TPSA) is 72.8 Å². The Bertz CT molecular complexity index is 488. The highest BCUT2D eigenvalue weighted by atomic mass is 16.3. The van der Waals surface area contributed by atoms with E-state index in [9.17, 15) is 15.0 Å². The predicted octanol–water partition coefficient (Wildman–Crippen LogP) is 1.79. The van der Waals surface area contributed by atoms with Crippen LogP contribution in [-0.4, -0.2) is 40.8 Å². The average molecular weight is 278 g/mol. The molecule has 0 heterocycles. The summed E-state index contributed by atoms with van der Waals surface area (Å²) in [7, 11) is 1.72. The van der Waals surface area contributed by atoms with Gasteiger partial charge in [0.15, 0.2) is 0 Å². The molecule has 0 fully saturated rings. The van der Waals surface area contributed by atoms with Crippen molar-refractivity contribution in [2.45, 2.75) is 38.3 Å². The van der Waals surface area contributed by atoms with Crippen molar-refractivity contribution in [3.05, 3.63) is 29.3 Å². The monoisotopic (exact) mass is 278 g/mol. The highest BCUT2D eigenvalue weighted by molar-refractivity contribution is 5.74. The number of benzene rings is 1. The number of urea groups is 1. The first-order valence-corrected chi connectivity index (χ1v) is 6.99. The fourth-order valence-corrected chi connectivity index (χ4v) is 2.53. The molecule has 5 heteroatoms. The second kappa shape index (κ2) is 6.13. The quantitative estimate of drug-likeness (QED) is 0.786. The van der Waals surface area contributed by atoms with Crippen LogP contribution in [0.25, 0.3) is 0 Å². The molecule has 20 heavy (non-hydrogen) atoms. The predicted molar refractivity (Wildman–Crippen MR) is 76.6 cm³/mol. The van der Waals surface area contributed by atoms with Gasteiger partial charge in [0.05, 0.1) is 12.1 Å². The summed E-state index contributed by atoms with van der Waals surface area (Å²) in [6.07, 6.45) is 1.74. The molecule has 1 aliphatic rings. The van der Waals surface area contributed by atoms with Crippen molar-refractivity contribution in [2.24, 2.45) is 0 Å². The molecule has 0 saturated heterocycles. The maximum atomic E-state index is 12.1. The van der Waals surface area contributed by atoms with E-state index in [1.165, 1.54) is 0 Å². The summed E-state index contributed by atoms with van der Waals surface area (Å²) in [6.45, 7) is 2.23. The van der Waals surface area contributed by atoms with Crippen molar-refractivity contribution >= 4 is 6.03 Å². The molecule has 2 unspecified atom stereocenters. The number of carbonyl (C=O) groups is 1. The van der Waals surface area contributed by atoms with Crippen molar-refractivity contribution < 1.29 is 15.0 Å². The number of aliphatic hydroxyl groups excluding tert-OH is 1. The number of carbonyl (C=O) groups excluding carboxylic acids is 1. The third kappa shape index (κ3) is 3.22. The second-order valence-corrected chi connectivity index (χ2v) is 5.44. The van der Waals surface area contributed by atoms with Crippen LogP contribution in [0.2, 0.25) is 0 Å². The number of rotatable bonds is 4. The lowest BCUT2D eigenvalue weighted by atomic mass is 10.1. The SMILES string of the molecule is CC(O)CCN(C)C(=O)NC1CCc2c(O)cccc21. The van der Waals surface area contributed by atoms with Gasteiger partial charge in [-0.15, -0.1) is 0 Å². The van der Waals surface area contributed by atoms with Crippen LogP contribution in [0.1, 0.15) is 36.9 Å². The minimum Gasteiger partial charge on any atom is -0.508 e. The first kappa shape index (κ1) is 14.7. The lowest BCUT2D eigenvalue weighted by Gasteiger charge is -2.22. The van der Waals surface area contributed by atoms with Crippen molar-refractivity contribution in [3.63, 3.8) is 0 Å². The third-order valence-corrected chi connectivity index (χ3v) is 3.77. The van der Waals surface area contributed by atoms with Gasteiger partial charge in [-0.25, -0.2) is 4.79 Å². The fraction of sp³-hybridized carbons (Fsp3) is 0.533. The van der Waals surface area contributed by atoms with Crippen LogP contribution < -0.4 is 5.32 Å². The molecule has 0 aromatic heterocycles. The van der Waals surface area contributed by atoms with Crippen LogP contribution in [0.4, 0.5) is 4.79 Å². The van der Waals surface area contributed by atoms with Gasteiger partial charge in [0.1, 0.15) is 5.75 Å².